The Morgan fingerprint density at radius 1 is 1.38 bits per heavy atom. The Labute approximate surface area is 130 Å². The van der Waals surface area contributed by atoms with Crippen molar-refractivity contribution < 1.29 is 18.7 Å². The van der Waals surface area contributed by atoms with E-state index in [0.29, 0.717) is 17.0 Å². The number of hydrogen-bond acceptors (Lipinski definition) is 4. The van der Waals surface area contributed by atoms with Crippen LogP contribution in [0.4, 0.5) is 4.39 Å². The zero-order chi connectivity index (χ0) is 15.4. The number of aryl methyl sites for hydroxylation is 1. The number of benzene rings is 1. The van der Waals surface area contributed by atoms with E-state index in [1.807, 2.05) is 0 Å². The summed E-state index contributed by atoms with van der Waals surface area (Å²) in [7, 11) is 1.28. The maximum Gasteiger partial charge on any atom is 0.338 e. The second-order valence-electron chi connectivity index (χ2n) is 4.32. The van der Waals surface area contributed by atoms with E-state index in [0.717, 1.165) is 4.47 Å². The molecule has 0 unspecified atom stereocenters. The van der Waals surface area contributed by atoms with E-state index in [-0.39, 0.29) is 12.2 Å². The molecule has 0 bridgehead atoms. The van der Waals surface area contributed by atoms with E-state index >= 15 is 0 Å². The molecule has 0 saturated heterocycles. The standard InChI is InChI=1S/C15H13BrFNO3/c1-9-14(6-11(16)7-18-9)21-8-10-5-12(17)3-4-13(10)15(19)20-2/h3-7H,8H2,1-2H3. The molecule has 0 aliphatic carbocycles. The van der Waals surface area contributed by atoms with Gasteiger partial charge in [0.1, 0.15) is 18.2 Å². The van der Waals surface area contributed by atoms with Crippen molar-refractivity contribution in [3.63, 3.8) is 0 Å². The van der Waals surface area contributed by atoms with Gasteiger partial charge in [0.25, 0.3) is 0 Å². The van der Waals surface area contributed by atoms with E-state index in [9.17, 15) is 9.18 Å². The van der Waals surface area contributed by atoms with Crippen LogP contribution in [0.3, 0.4) is 0 Å². The number of nitrogens with zero attached hydrogens (tertiary/aromatic N) is 1. The zero-order valence-electron chi connectivity index (χ0n) is 11.5. The minimum absolute atomic E-state index is 0.0428. The lowest BCUT2D eigenvalue weighted by Gasteiger charge is -2.11. The van der Waals surface area contributed by atoms with Gasteiger partial charge in [-0.25, -0.2) is 9.18 Å². The lowest BCUT2D eigenvalue weighted by Crippen LogP contribution is -2.09. The van der Waals surface area contributed by atoms with Gasteiger partial charge in [-0.15, -0.1) is 0 Å². The highest BCUT2D eigenvalue weighted by Gasteiger charge is 2.14. The van der Waals surface area contributed by atoms with Crippen molar-refractivity contribution in [1.29, 1.82) is 0 Å². The second-order valence-corrected chi connectivity index (χ2v) is 5.23. The molecule has 110 valence electrons. The predicted molar refractivity (Wildman–Crippen MR) is 78.7 cm³/mol. The molecule has 21 heavy (non-hydrogen) atoms. The summed E-state index contributed by atoms with van der Waals surface area (Å²) in [5, 5.41) is 0. The van der Waals surface area contributed by atoms with Gasteiger partial charge in [0, 0.05) is 16.2 Å². The first-order chi connectivity index (χ1) is 10.0. The molecule has 0 radical (unpaired) electrons. The summed E-state index contributed by atoms with van der Waals surface area (Å²) in [6.45, 7) is 1.84. The third-order valence-corrected chi connectivity index (χ3v) is 3.30. The number of methoxy groups -OCH3 is 1. The summed E-state index contributed by atoms with van der Waals surface area (Å²) in [5.41, 5.74) is 1.40. The Morgan fingerprint density at radius 3 is 2.86 bits per heavy atom. The van der Waals surface area contributed by atoms with Crippen LogP contribution in [-0.2, 0) is 11.3 Å². The lowest BCUT2D eigenvalue weighted by atomic mass is 10.1. The molecule has 6 heteroatoms. The van der Waals surface area contributed by atoms with E-state index in [1.54, 1.807) is 19.2 Å². The van der Waals surface area contributed by atoms with E-state index < -0.39 is 11.8 Å². The molecule has 0 aliphatic heterocycles. The lowest BCUT2D eigenvalue weighted by molar-refractivity contribution is 0.0597. The third kappa shape index (κ3) is 3.78. The molecule has 4 nitrogen and oxygen atoms in total. The largest absolute Gasteiger partial charge is 0.487 e. The molecule has 0 N–H and O–H groups in total. The number of pyridine rings is 1. The molecule has 0 spiro atoms. The highest BCUT2D eigenvalue weighted by Crippen LogP contribution is 2.22. The van der Waals surface area contributed by atoms with E-state index in [2.05, 4.69) is 25.7 Å². The van der Waals surface area contributed by atoms with Crippen LogP contribution in [0.5, 0.6) is 5.75 Å². The van der Waals surface area contributed by atoms with Gasteiger partial charge in [-0.3, -0.25) is 4.98 Å². The minimum atomic E-state index is -0.530. The molecule has 2 aromatic rings. The summed E-state index contributed by atoms with van der Waals surface area (Å²) < 4.78 is 24.4. The molecule has 1 heterocycles. The van der Waals surface area contributed by atoms with Crippen molar-refractivity contribution in [3.05, 3.63) is 57.6 Å². The molecule has 0 amide bonds. The Bertz CT molecular complexity index is 676. The molecule has 0 aliphatic rings. The summed E-state index contributed by atoms with van der Waals surface area (Å²) >= 11 is 3.31. The number of carbonyl (C=O) groups excluding carboxylic acids is 1. The molecule has 1 aromatic carbocycles. The predicted octanol–water partition coefficient (Wildman–Crippen LogP) is 3.66. The van der Waals surface area contributed by atoms with Crippen LogP contribution in [0.1, 0.15) is 21.6 Å². The average molecular weight is 354 g/mol. The summed E-state index contributed by atoms with van der Waals surface area (Å²) in [6, 6.07) is 5.61. The number of rotatable bonds is 4. The zero-order valence-corrected chi connectivity index (χ0v) is 13.1. The molecular weight excluding hydrogens is 341 g/mol. The first-order valence-corrected chi connectivity index (χ1v) is 6.92. The minimum Gasteiger partial charge on any atom is -0.487 e. The fourth-order valence-corrected chi connectivity index (χ4v) is 2.09. The number of halogens is 2. The van der Waals surface area contributed by atoms with Crippen LogP contribution in [0.15, 0.2) is 34.9 Å². The second kappa shape index (κ2) is 6.67. The van der Waals surface area contributed by atoms with Crippen molar-refractivity contribution in [2.24, 2.45) is 0 Å². The first-order valence-electron chi connectivity index (χ1n) is 6.13. The van der Waals surface area contributed by atoms with Crippen LogP contribution in [0.25, 0.3) is 0 Å². The molecule has 0 atom stereocenters. The number of carbonyl (C=O) groups is 1. The highest BCUT2D eigenvalue weighted by atomic mass is 79.9. The first kappa shape index (κ1) is 15.4. The van der Waals surface area contributed by atoms with Gasteiger partial charge in [-0.2, -0.15) is 0 Å². The molecule has 0 saturated carbocycles. The van der Waals surface area contributed by atoms with Crippen molar-refractivity contribution in [2.75, 3.05) is 7.11 Å². The van der Waals surface area contributed by atoms with Gasteiger partial charge in [-0.05, 0) is 47.1 Å². The molecule has 1 aromatic heterocycles. The van der Waals surface area contributed by atoms with E-state index in [1.165, 1.54) is 25.3 Å². The Kier molecular flexibility index (Phi) is 4.90. The van der Waals surface area contributed by atoms with Crippen molar-refractivity contribution in [1.82, 2.24) is 4.98 Å². The Balaban J connectivity index is 2.25. The number of hydrogen-bond donors (Lipinski definition) is 0. The smallest absolute Gasteiger partial charge is 0.338 e. The van der Waals surface area contributed by atoms with Crippen molar-refractivity contribution in [2.45, 2.75) is 13.5 Å². The molecule has 0 fully saturated rings. The molecular formula is C15H13BrFNO3. The maximum absolute atomic E-state index is 13.4. The fourth-order valence-electron chi connectivity index (χ4n) is 1.78. The van der Waals surface area contributed by atoms with Gasteiger partial charge in [0.2, 0.25) is 0 Å². The topological polar surface area (TPSA) is 48.4 Å². The summed E-state index contributed by atoms with van der Waals surface area (Å²) in [6.07, 6.45) is 1.66. The van der Waals surface area contributed by atoms with Crippen LogP contribution in [0.2, 0.25) is 0 Å². The van der Waals surface area contributed by atoms with Crippen LogP contribution >= 0.6 is 15.9 Å². The van der Waals surface area contributed by atoms with Gasteiger partial charge in [-0.1, -0.05) is 0 Å². The highest BCUT2D eigenvalue weighted by molar-refractivity contribution is 9.10. The van der Waals surface area contributed by atoms with Gasteiger partial charge >= 0.3 is 5.97 Å². The fraction of sp³-hybridized carbons (Fsp3) is 0.200. The average Bonchev–Trinajstić information content (AvgIpc) is 2.47. The van der Waals surface area contributed by atoms with Crippen LogP contribution in [-0.4, -0.2) is 18.1 Å². The maximum atomic E-state index is 13.4. The van der Waals surface area contributed by atoms with Gasteiger partial charge < -0.3 is 9.47 Å². The van der Waals surface area contributed by atoms with Crippen LogP contribution < -0.4 is 4.74 Å². The van der Waals surface area contributed by atoms with E-state index in [4.69, 9.17) is 4.74 Å². The third-order valence-electron chi connectivity index (χ3n) is 2.86. The SMILES string of the molecule is COC(=O)c1ccc(F)cc1COc1cc(Br)cnc1C. The number of esters is 1. The monoisotopic (exact) mass is 353 g/mol. The van der Waals surface area contributed by atoms with Crippen molar-refractivity contribution >= 4 is 21.9 Å². The number of aromatic nitrogens is 1. The van der Waals surface area contributed by atoms with Crippen LogP contribution in [0, 0.1) is 12.7 Å². The Morgan fingerprint density at radius 2 is 2.14 bits per heavy atom. The molecule has 2 rings (SSSR count). The quantitative estimate of drug-likeness (QED) is 0.787. The summed E-state index contributed by atoms with van der Waals surface area (Å²) in [4.78, 5) is 15.8. The Hall–Kier alpha value is -1.95. The normalized spacial score (nSPS) is 10.3. The number of ether oxygens (including phenoxy) is 2. The van der Waals surface area contributed by atoms with Gasteiger partial charge in [0.05, 0.1) is 18.4 Å². The van der Waals surface area contributed by atoms with Gasteiger partial charge in [0.15, 0.2) is 0 Å². The summed E-state index contributed by atoms with van der Waals surface area (Å²) in [5.74, 6) is -0.410. The van der Waals surface area contributed by atoms with Crippen molar-refractivity contribution in [3.8, 4) is 5.75 Å².